The summed E-state index contributed by atoms with van der Waals surface area (Å²) in [4.78, 5) is 23.7. The van der Waals surface area contributed by atoms with Crippen LogP contribution in [-0.2, 0) is 19.1 Å². The van der Waals surface area contributed by atoms with Gasteiger partial charge in [-0.25, -0.2) is 9.59 Å². The van der Waals surface area contributed by atoms with E-state index in [0.29, 0.717) is 12.2 Å². The number of carboxylic acid groups (broad SMARTS) is 1. The molecule has 2 spiro atoms. The number of allylic oxidation sites excluding steroid dienone is 2. The molecule has 2 aliphatic carbocycles. The smallest absolute Gasteiger partial charge is 0.341 e. The molecule has 2 aliphatic heterocycles. The lowest BCUT2D eigenvalue weighted by Crippen LogP contribution is -2.56. The maximum atomic E-state index is 12.2. The summed E-state index contributed by atoms with van der Waals surface area (Å²) in [7, 11) is 0. The summed E-state index contributed by atoms with van der Waals surface area (Å²) in [5, 5.41) is 9.44. The highest BCUT2D eigenvalue weighted by Crippen LogP contribution is 2.68. The fourth-order valence-corrected chi connectivity index (χ4v) is 4.49. The highest BCUT2D eigenvalue weighted by Gasteiger charge is 2.78. The van der Waals surface area contributed by atoms with Gasteiger partial charge in [0.2, 0.25) is 0 Å². The van der Waals surface area contributed by atoms with Gasteiger partial charge in [-0.1, -0.05) is 24.6 Å². The van der Waals surface area contributed by atoms with E-state index in [1.54, 1.807) is 0 Å². The first kappa shape index (κ1) is 12.1. The van der Waals surface area contributed by atoms with Crippen molar-refractivity contribution < 1.29 is 24.2 Å². The number of carboxylic acids is 1. The van der Waals surface area contributed by atoms with Crippen molar-refractivity contribution in [1.29, 1.82) is 0 Å². The van der Waals surface area contributed by atoms with Crippen LogP contribution in [0.4, 0.5) is 0 Å². The molecule has 20 heavy (non-hydrogen) atoms. The number of hydrogen-bond donors (Lipinski definition) is 1. The number of carbonyl (C=O) groups excluding carboxylic acids is 1. The van der Waals surface area contributed by atoms with E-state index in [-0.39, 0.29) is 30.3 Å². The number of cyclic esters (lactones) is 1. The topological polar surface area (TPSA) is 76.1 Å². The number of ether oxygens (including phenoxy) is 2. The molecule has 2 heterocycles. The van der Waals surface area contributed by atoms with E-state index in [4.69, 9.17) is 9.47 Å². The monoisotopic (exact) mass is 276 g/mol. The standard InChI is InChI=1S/C15H16O5/c1-7-4-14-10(8(7)2)3-9(12(16)17)11(14)5-19-13(18)15(14)6-20-15/h3-4,8,10-11H,5-6H2,1-2H3,(H,16,17)/t8-,10?,11+,14-,15-/m1/s1. The van der Waals surface area contributed by atoms with Gasteiger partial charge in [0.05, 0.1) is 13.2 Å². The van der Waals surface area contributed by atoms with Crippen LogP contribution in [-0.4, -0.2) is 35.9 Å². The number of hydrogen-bond acceptors (Lipinski definition) is 4. The Kier molecular flexibility index (Phi) is 2.03. The lowest BCUT2D eigenvalue weighted by molar-refractivity contribution is -0.170. The summed E-state index contributed by atoms with van der Waals surface area (Å²) in [5.41, 5.74) is 0.0538. The Labute approximate surface area is 116 Å². The maximum absolute atomic E-state index is 12.2. The Hall–Kier alpha value is -1.62. The van der Waals surface area contributed by atoms with Crippen LogP contribution in [0.1, 0.15) is 13.8 Å². The van der Waals surface area contributed by atoms with Crippen LogP contribution >= 0.6 is 0 Å². The minimum absolute atomic E-state index is 0.00829. The molecule has 0 radical (unpaired) electrons. The van der Waals surface area contributed by atoms with Gasteiger partial charge in [-0.15, -0.1) is 0 Å². The van der Waals surface area contributed by atoms with E-state index in [2.05, 4.69) is 13.0 Å². The lowest BCUT2D eigenvalue weighted by atomic mass is 9.61. The molecule has 2 fully saturated rings. The van der Waals surface area contributed by atoms with Gasteiger partial charge in [0.25, 0.3) is 0 Å². The molecular weight excluding hydrogens is 260 g/mol. The fourth-order valence-electron chi connectivity index (χ4n) is 4.49. The zero-order valence-corrected chi connectivity index (χ0v) is 11.4. The van der Waals surface area contributed by atoms with E-state index < -0.39 is 17.0 Å². The first-order valence-electron chi connectivity index (χ1n) is 6.89. The van der Waals surface area contributed by atoms with Gasteiger partial charge in [-0.05, 0) is 18.8 Å². The molecule has 0 aromatic carbocycles. The minimum Gasteiger partial charge on any atom is -0.478 e. The van der Waals surface area contributed by atoms with E-state index in [1.807, 2.05) is 13.0 Å². The molecule has 0 aromatic rings. The van der Waals surface area contributed by atoms with Crippen LogP contribution in [0, 0.1) is 23.2 Å². The first-order valence-corrected chi connectivity index (χ1v) is 6.89. The van der Waals surface area contributed by atoms with Gasteiger partial charge in [0, 0.05) is 16.9 Å². The van der Waals surface area contributed by atoms with Crippen molar-refractivity contribution in [3.63, 3.8) is 0 Å². The summed E-state index contributed by atoms with van der Waals surface area (Å²) in [6, 6.07) is 0. The number of rotatable bonds is 1. The molecule has 0 amide bonds. The van der Waals surface area contributed by atoms with Gasteiger partial charge >= 0.3 is 11.9 Å². The second-order valence-electron chi connectivity index (χ2n) is 6.33. The van der Waals surface area contributed by atoms with Gasteiger partial charge in [0.15, 0.2) is 5.60 Å². The predicted molar refractivity (Wildman–Crippen MR) is 67.7 cm³/mol. The quantitative estimate of drug-likeness (QED) is 0.442. The van der Waals surface area contributed by atoms with E-state index in [9.17, 15) is 14.7 Å². The first-order chi connectivity index (χ1) is 9.44. The average Bonchev–Trinajstić information content (AvgIpc) is 3.07. The van der Waals surface area contributed by atoms with Crippen LogP contribution in [0.25, 0.3) is 0 Å². The molecule has 5 atom stereocenters. The lowest BCUT2D eigenvalue weighted by Gasteiger charge is -2.43. The van der Waals surface area contributed by atoms with Crippen molar-refractivity contribution in [2.75, 3.05) is 13.2 Å². The Morgan fingerprint density at radius 3 is 2.80 bits per heavy atom. The van der Waals surface area contributed by atoms with Gasteiger partial charge in [-0.2, -0.15) is 0 Å². The summed E-state index contributed by atoms with van der Waals surface area (Å²) in [6.07, 6.45) is 3.92. The largest absolute Gasteiger partial charge is 0.478 e. The normalized spacial score (nSPS) is 48.3. The van der Waals surface area contributed by atoms with Crippen molar-refractivity contribution in [3.05, 3.63) is 23.3 Å². The molecule has 2 saturated heterocycles. The molecule has 1 N–H and O–H groups in total. The Morgan fingerprint density at radius 1 is 1.50 bits per heavy atom. The van der Waals surface area contributed by atoms with Crippen molar-refractivity contribution in [1.82, 2.24) is 0 Å². The molecule has 0 aromatic heterocycles. The summed E-state index contributed by atoms with van der Waals surface area (Å²) >= 11 is 0. The van der Waals surface area contributed by atoms with Crippen LogP contribution in [0.15, 0.2) is 23.3 Å². The zero-order valence-electron chi connectivity index (χ0n) is 11.4. The van der Waals surface area contributed by atoms with E-state index >= 15 is 0 Å². The van der Waals surface area contributed by atoms with Crippen LogP contribution in [0.3, 0.4) is 0 Å². The molecule has 4 aliphatic rings. The summed E-state index contributed by atoms with van der Waals surface area (Å²) in [6.45, 7) is 4.59. The Morgan fingerprint density at radius 2 is 2.20 bits per heavy atom. The molecule has 5 heteroatoms. The molecule has 0 saturated carbocycles. The van der Waals surface area contributed by atoms with Crippen LogP contribution in [0.2, 0.25) is 0 Å². The molecule has 4 rings (SSSR count). The number of epoxide rings is 1. The van der Waals surface area contributed by atoms with Crippen molar-refractivity contribution >= 4 is 11.9 Å². The second-order valence-corrected chi connectivity index (χ2v) is 6.33. The predicted octanol–water partition coefficient (Wildman–Crippen LogP) is 1.15. The Bertz CT molecular complexity index is 597. The van der Waals surface area contributed by atoms with Gasteiger partial charge < -0.3 is 14.6 Å². The van der Waals surface area contributed by atoms with E-state index in [1.165, 1.54) is 5.57 Å². The molecule has 1 unspecified atom stereocenters. The van der Waals surface area contributed by atoms with Crippen LogP contribution < -0.4 is 0 Å². The second kappa shape index (κ2) is 3.34. The van der Waals surface area contributed by atoms with E-state index in [0.717, 1.165) is 0 Å². The third-order valence-electron chi connectivity index (χ3n) is 5.68. The minimum atomic E-state index is -0.958. The van der Waals surface area contributed by atoms with Crippen LogP contribution in [0.5, 0.6) is 0 Å². The Balaban J connectivity index is 1.92. The summed E-state index contributed by atoms with van der Waals surface area (Å²) in [5.74, 6) is -1.33. The molecule has 5 nitrogen and oxygen atoms in total. The van der Waals surface area contributed by atoms with Gasteiger partial charge in [-0.3, -0.25) is 0 Å². The van der Waals surface area contributed by atoms with Crippen molar-refractivity contribution in [2.45, 2.75) is 19.4 Å². The molecular formula is C15H16O5. The fraction of sp³-hybridized carbons (Fsp3) is 0.600. The summed E-state index contributed by atoms with van der Waals surface area (Å²) < 4.78 is 10.8. The maximum Gasteiger partial charge on any atom is 0.341 e. The number of carbonyl (C=O) groups is 2. The highest BCUT2D eigenvalue weighted by atomic mass is 16.6. The molecule has 0 bridgehead atoms. The molecule has 106 valence electrons. The SMILES string of the molecule is CC1=C[C@@]23C(C=C(C(=O)O)[C@@H]2COC(=O)[C@]32CO2)[C@@H]1C. The highest BCUT2D eigenvalue weighted by molar-refractivity contribution is 5.92. The van der Waals surface area contributed by atoms with Crippen molar-refractivity contribution in [2.24, 2.45) is 23.2 Å². The number of esters is 1. The van der Waals surface area contributed by atoms with Crippen molar-refractivity contribution in [3.8, 4) is 0 Å². The third-order valence-corrected chi connectivity index (χ3v) is 5.68. The zero-order chi connectivity index (χ0) is 14.3. The van der Waals surface area contributed by atoms with Gasteiger partial charge in [0.1, 0.15) is 0 Å². The average molecular weight is 276 g/mol. The number of aliphatic carboxylic acids is 1. The third kappa shape index (κ3) is 1.06.